The number of hydrogen-bond donors (Lipinski definition) is 2. The molecule has 0 spiro atoms. The average molecular weight is 331 g/mol. The molecule has 2 aromatic rings. The molecule has 0 saturated heterocycles. The van der Waals surface area contributed by atoms with Gasteiger partial charge in [0.15, 0.2) is 5.13 Å². The number of hydrogen-bond acceptors (Lipinski definition) is 6. The summed E-state index contributed by atoms with van der Waals surface area (Å²) in [5.74, 6) is 0.892. The highest BCUT2D eigenvalue weighted by Gasteiger charge is 2.16. The lowest BCUT2D eigenvalue weighted by Gasteiger charge is -2.17. The molecule has 0 saturated carbocycles. The van der Waals surface area contributed by atoms with Crippen LogP contribution in [-0.4, -0.2) is 41.7 Å². The third-order valence-corrected chi connectivity index (χ3v) is 5.00. The van der Waals surface area contributed by atoms with Gasteiger partial charge in [-0.05, 0) is 18.6 Å². The van der Waals surface area contributed by atoms with Gasteiger partial charge in [0, 0.05) is 42.6 Å². The van der Waals surface area contributed by atoms with E-state index in [1.54, 1.807) is 24.5 Å². The molecule has 1 aliphatic rings. The van der Waals surface area contributed by atoms with E-state index in [1.807, 2.05) is 18.2 Å². The number of thiazole rings is 1. The van der Waals surface area contributed by atoms with E-state index in [-0.39, 0.29) is 5.75 Å². The molecule has 0 atom stereocenters. The van der Waals surface area contributed by atoms with Gasteiger partial charge in [0.1, 0.15) is 11.5 Å². The molecular weight excluding hydrogens is 310 g/mol. The second kappa shape index (κ2) is 7.02. The number of aromatic hydroxyl groups is 1. The zero-order chi connectivity index (χ0) is 16.2. The number of aromatic nitrogens is 1. The number of phenols is 1. The molecule has 1 aliphatic heterocycles. The second-order valence-corrected chi connectivity index (χ2v) is 6.66. The third kappa shape index (κ3) is 3.83. The number of rotatable bonds is 4. The summed E-state index contributed by atoms with van der Waals surface area (Å²) in [6, 6.07) is 5.33. The number of nitrogens with zero attached hydrogens (tertiary/aromatic N) is 2. The number of methoxy groups -OCH3 is 1. The number of nitrogens with two attached hydrogens (primary N) is 1. The Morgan fingerprint density at radius 3 is 3.00 bits per heavy atom. The molecule has 0 unspecified atom stereocenters. The molecule has 1 aromatic carbocycles. The highest BCUT2D eigenvalue weighted by molar-refractivity contribution is 7.15. The summed E-state index contributed by atoms with van der Waals surface area (Å²) in [5, 5.41) is 10.6. The van der Waals surface area contributed by atoms with Crippen molar-refractivity contribution in [2.75, 3.05) is 32.5 Å². The molecular formula is C17H21N3O2S. The number of fused-ring (bicyclic) bond motifs is 1. The lowest BCUT2D eigenvalue weighted by molar-refractivity contribution is 0.318. The number of ether oxygens (including phenoxy) is 1. The van der Waals surface area contributed by atoms with E-state index in [0.29, 0.717) is 10.9 Å². The van der Waals surface area contributed by atoms with Gasteiger partial charge in [0.25, 0.3) is 0 Å². The molecule has 0 amide bonds. The minimum atomic E-state index is 0.235. The first kappa shape index (κ1) is 15.8. The molecule has 6 heteroatoms. The number of nitrogen functional groups attached to an aromatic ring is 1. The van der Waals surface area contributed by atoms with Crippen molar-refractivity contribution in [3.05, 3.63) is 40.4 Å². The summed E-state index contributed by atoms with van der Waals surface area (Å²) in [5.41, 5.74) is 7.73. The maximum atomic E-state index is 9.96. The van der Waals surface area contributed by atoms with Crippen LogP contribution in [0.25, 0.3) is 6.08 Å². The Morgan fingerprint density at radius 2 is 2.22 bits per heavy atom. The molecule has 23 heavy (non-hydrogen) atoms. The van der Waals surface area contributed by atoms with Crippen molar-refractivity contribution in [2.45, 2.75) is 12.8 Å². The first-order chi connectivity index (χ1) is 11.2. The van der Waals surface area contributed by atoms with Crippen molar-refractivity contribution in [1.82, 2.24) is 9.88 Å². The minimum absolute atomic E-state index is 0.235. The summed E-state index contributed by atoms with van der Waals surface area (Å²) < 4.78 is 5.09. The van der Waals surface area contributed by atoms with E-state index >= 15 is 0 Å². The highest BCUT2D eigenvalue weighted by Crippen LogP contribution is 2.25. The lowest BCUT2D eigenvalue weighted by Crippen LogP contribution is -2.26. The zero-order valence-corrected chi connectivity index (χ0v) is 14.0. The molecule has 0 bridgehead atoms. The monoisotopic (exact) mass is 331 g/mol. The molecule has 3 N–H and O–H groups in total. The minimum Gasteiger partial charge on any atom is -0.507 e. The van der Waals surface area contributed by atoms with E-state index in [2.05, 4.69) is 16.0 Å². The van der Waals surface area contributed by atoms with Crippen LogP contribution >= 0.6 is 11.3 Å². The smallest absolute Gasteiger partial charge is 0.180 e. The maximum absolute atomic E-state index is 9.96. The van der Waals surface area contributed by atoms with Crippen molar-refractivity contribution in [1.29, 1.82) is 0 Å². The fourth-order valence-electron chi connectivity index (χ4n) is 2.73. The Balaban J connectivity index is 1.57. The van der Waals surface area contributed by atoms with E-state index in [0.717, 1.165) is 43.7 Å². The molecule has 122 valence electrons. The molecule has 5 nitrogen and oxygen atoms in total. The van der Waals surface area contributed by atoms with Gasteiger partial charge in [-0.1, -0.05) is 12.2 Å². The Morgan fingerprint density at radius 1 is 1.39 bits per heavy atom. The Bertz CT molecular complexity index is 686. The summed E-state index contributed by atoms with van der Waals surface area (Å²) in [6.07, 6.45) is 5.99. The van der Waals surface area contributed by atoms with Crippen LogP contribution in [0.5, 0.6) is 11.5 Å². The molecule has 2 heterocycles. The Hall–Kier alpha value is -2.05. The predicted octanol–water partition coefficient (Wildman–Crippen LogP) is 2.55. The number of benzene rings is 1. The van der Waals surface area contributed by atoms with Gasteiger partial charge in [0.05, 0.1) is 12.8 Å². The first-order valence-corrected chi connectivity index (χ1v) is 8.47. The van der Waals surface area contributed by atoms with Gasteiger partial charge in [-0.2, -0.15) is 0 Å². The van der Waals surface area contributed by atoms with Crippen LogP contribution in [0.4, 0.5) is 5.13 Å². The average Bonchev–Trinajstić information content (AvgIpc) is 2.80. The van der Waals surface area contributed by atoms with E-state index in [4.69, 9.17) is 10.5 Å². The highest BCUT2D eigenvalue weighted by atomic mass is 32.1. The number of phenolic OH excluding ortho intramolecular Hbond substituents is 1. The van der Waals surface area contributed by atoms with E-state index < -0.39 is 0 Å². The van der Waals surface area contributed by atoms with Crippen molar-refractivity contribution in [3.63, 3.8) is 0 Å². The molecule has 3 rings (SSSR count). The van der Waals surface area contributed by atoms with Gasteiger partial charge in [-0.25, -0.2) is 4.98 Å². The Labute approximate surface area is 140 Å². The molecule has 0 fully saturated rings. The standard InChI is InChI=1S/C17H21N3O2S/c1-22-13-5-4-12(15(21)11-13)3-2-8-20-9-6-14-16(7-10-20)23-17(18)19-14/h2-5,11,21H,6-10H2,1H3,(H2,18,19)/b3-2+. The number of anilines is 1. The second-order valence-electron chi connectivity index (χ2n) is 5.55. The largest absolute Gasteiger partial charge is 0.507 e. The molecule has 0 radical (unpaired) electrons. The predicted molar refractivity (Wildman–Crippen MR) is 94.1 cm³/mol. The SMILES string of the molecule is COc1ccc(/C=C/CN2CCc3nc(N)sc3CC2)c(O)c1. The van der Waals surface area contributed by atoms with Crippen LogP contribution in [-0.2, 0) is 12.8 Å². The summed E-state index contributed by atoms with van der Waals surface area (Å²) in [7, 11) is 1.59. The van der Waals surface area contributed by atoms with Crippen molar-refractivity contribution in [3.8, 4) is 11.5 Å². The zero-order valence-electron chi connectivity index (χ0n) is 13.2. The van der Waals surface area contributed by atoms with Gasteiger partial charge in [0.2, 0.25) is 0 Å². The van der Waals surface area contributed by atoms with E-state index in [1.165, 1.54) is 4.88 Å². The molecule has 0 aliphatic carbocycles. The fourth-order valence-corrected chi connectivity index (χ4v) is 3.60. The van der Waals surface area contributed by atoms with Crippen molar-refractivity contribution < 1.29 is 9.84 Å². The quantitative estimate of drug-likeness (QED) is 0.901. The van der Waals surface area contributed by atoms with E-state index in [9.17, 15) is 5.11 Å². The van der Waals surface area contributed by atoms with Crippen molar-refractivity contribution in [2.24, 2.45) is 0 Å². The summed E-state index contributed by atoms with van der Waals surface area (Å²) >= 11 is 1.61. The van der Waals surface area contributed by atoms with Gasteiger partial charge >= 0.3 is 0 Å². The maximum Gasteiger partial charge on any atom is 0.180 e. The fraction of sp³-hybridized carbons (Fsp3) is 0.353. The van der Waals surface area contributed by atoms with Crippen LogP contribution < -0.4 is 10.5 Å². The van der Waals surface area contributed by atoms with Gasteiger partial charge in [-0.15, -0.1) is 11.3 Å². The molecule has 1 aromatic heterocycles. The van der Waals surface area contributed by atoms with Crippen LogP contribution in [0.2, 0.25) is 0 Å². The van der Waals surface area contributed by atoms with Crippen LogP contribution in [0.1, 0.15) is 16.1 Å². The normalized spacial score (nSPS) is 15.5. The van der Waals surface area contributed by atoms with Crippen LogP contribution in [0.15, 0.2) is 24.3 Å². The van der Waals surface area contributed by atoms with Crippen molar-refractivity contribution >= 4 is 22.5 Å². The summed E-state index contributed by atoms with van der Waals surface area (Å²) in [4.78, 5) is 8.12. The van der Waals surface area contributed by atoms with Gasteiger partial charge < -0.3 is 15.6 Å². The summed E-state index contributed by atoms with van der Waals surface area (Å²) in [6.45, 7) is 2.85. The first-order valence-electron chi connectivity index (χ1n) is 7.65. The van der Waals surface area contributed by atoms with Gasteiger partial charge in [-0.3, -0.25) is 4.90 Å². The Kier molecular flexibility index (Phi) is 4.83. The third-order valence-electron chi connectivity index (χ3n) is 4.01. The topological polar surface area (TPSA) is 71.6 Å². The van der Waals surface area contributed by atoms with Crippen LogP contribution in [0, 0.1) is 0 Å². The lowest BCUT2D eigenvalue weighted by atomic mass is 10.1. The van der Waals surface area contributed by atoms with Crippen LogP contribution in [0.3, 0.4) is 0 Å².